The van der Waals surface area contributed by atoms with Gasteiger partial charge in [0.05, 0.1) is 25.3 Å². The molecule has 2 atom stereocenters. The fourth-order valence-electron chi connectivity index (χ4n) is 7.02. The number of benzene rings is 4. The van der Waals surface area contributed by atoms with Gasteiger partial charge in [0.25, 0.3) is 0 Å². The molecule has 52 heavy (non-hydrogen) atoms. The van der Waals surface area contributed by atoms with Crippen LogP contribution in [0.4, 0.5) is 0 Å². The van der Waals surface area contributed by atoms with Crippen molar-refractivity contribution in [1.82, 2.24) is 50.2 Å². The summed E-state index contributed by atoms with van der Waals surface area (Å²) in [4.78, 5) is 4.98. The smallest absolute Gasteiger partial charge is 0.173 e. The summed E-state index contributed by atoms with van der Waals surface area (Å²) in [6.07, 6.45) is 1.68. The average Bonchev–Trinajstić information content (AvgIpc) is 3.86. The largest absolute Gasteiger partial charge is 0.494 e. The highest BCUT2D eigenvalue weighted by molar-refractivity contribution is 5.34. The van der Waals surface area contributed by atoms with E-state index in [9.17, 15) is 0 Å². The van der Waals surface area contributed by atoms with Crippen molar-refractivity contribution in [3.8, 4) is 11.5 Å². The van der Waals surface area contributed by atoms with Gasteiger partial charge in [-0.25, -0.2) is 9.36 Å². The Balaban J connectivity index is 1.15. The van der Waals surface area contributed by atoms with Gasteiger partial charge in [0.15, 0.2) is 11.6 Å². The van der Waals surface area contributed by atoms with E-state index in [0.29, 0.717) is 26.3 Å². The van der Waals surface area contributed by atoms with E-state index in [2.05, 4.69) is 114 Å². The molecule has 1 fully saturated rings. The van der Waals surface area contributed by atoms with E-state index in [1.54, 1.807) is 0 Å². The van der Waals surface area contributed by atoms with Crippen LogP contribution >= 0.6 is 0 Å². The Kier molecular flexibility index (Phi) is 11.5. The normalized spacial score (nSPS) is 15.0. The molecule has 3 heterocycles. The molecular weight excluding hydrogens is 653 g/mol. The molecule has 2 unspecified atom stereocenters. The van der Waals surface area contributed by atoms with Gasteiger partial charge in [0.1, 0.15) is 11.5 Å². The molecule has 7 rings (SSSR count). The molecule has 4 aromatic carbocycles. The van der Waals surface area contributed by atoms with Gasteiger partial charge in [-0.3, -0.25) is 9.80 Å². The molecule has 268 valence electrons. The molecule has 12 nitrogen and oxygen atoms in total. The third kappa shape index (κ3) is 8.35. The predicted molar refractivity (Wildman–Crippen MR) is 198 cm³/mol. The van der Waals surface area contributed by atoms with Crippen LogP contribution in [-0.2, 0) is 25.9 Å². The Hall–Kier alpha value is -5.46. The summed E-state index contributed by atoms with van der Waals surface area (Å²) in [7, 11) is 0. The van der Waals surface area contributed by atoms with Crippen molar-refractivity contribution in [3.05, 3.63) is 143 Å². The summed E-state index contributed by atoms with van der Waals surface area (Å²) in [5.41, 5.74) is 4.75. The minimum Gasteiger partial charge on any atom is -0.494 e. The minimum absolute atomic E-state index is 0.135. The van der Waals surface area contributed by atoms with Gasteiger partial charge in [-0.2, -0.15) is 0 Å². The second-order valence-corrected chi connectivity index (χ2v) is 12.9. The van der Waals surface area contributed by atoms with Crippen LogP contribution in [0.2, 0.25) is 0 Å². The number of nitrogens with zero attached hydrogens (tertiary/aromatic N) is 10. The molecule has 1 aliphatic rings. The fraction of sp³-hybridized carbons (Fsp3) is 0.350. The van der Waals surface area contributed by atoms with Crippen molar-refractivity contribution < 1.29 is 9.47 Å². The average molecular weight is 699 g/mol. The van der Waals surface area contributed by atoms with Crippen LogP contribution in [0.25, 0.3) is 0 Å². The van der Waals surface area contributed by atoms with Crippen molar-refractivity contribution >= 4 is 0 Å². The maximum absolute atomic E-state index is 5.79. The lowest BCUT2D eigenvalue weighted by atomic mass is 10.0. The second kappa shape index (κ2) is 17.2. The molecule has 6 aromatic rings. The molecule has 0 amide bonds. The number of tetrazole rings is 2. The zero-order chi connectivity index (χ0) is 35.5. The lowest BCUT2D eigenvalue weighted by molar-refractivity contribution is 0.0822. The van der Waals surface area contributed by atoms with Crippen LogP contribution in [0.1, 0.15) is 59.8 Å². The number of piperazine rings is 1. The molecule has 0 radical (unpaired) electrons. The summed E-state index contributed by atoms with van der Waals surface area (Å²) < 4.78 is 15.5. The van der Waals surface area contributed by atoms with E-state index >= 15 is 0 Å². The standard InChI is InChI=1S/C40H46N10O2/c1-3-51-35-19-15-33(16-20-35)37(39-41-43-45-49(39)25-23-31-11-7-5-8-12-31)47-27-29-48(30-28-47)38(34-17-21-36(22-18-34)52-4-2)40-42-44-46-50(40)26-24-32-13-9-6-10-14-32/h5-22,37-38H,3-4,23-30H2,1-2H3. The second-order valence-electron chi connectivity index (χ2n) is 12.9. The quantitative estimate of drug-likeness (QED) is 0.130. The van der Waals surface area contributed by atoms with E-state index in [4.69, 9.17) is 9.47 Å². The minimum atomic E-state index is -0.135. The van der Waals surface area contributed by atoms with E-state index < -0.39 is 0 Å². The Morgan fingerprint density at radius 3 is 1.27 bits per heavy atom. The van der Waals surface area contributed by atoms with Crippen molar-refractivity contribution in [2.75, 3.05) is 39.4 Å². The number of hydrogen-bond acceptors (Lipinski definition) is 10. The highest BCUT2D eigenvalue weighted by atomic mass is 16.5. The molecule has 0 spiro atoms. The number of aromatic nitrogens is 8. The van der Waals surface area contributed by atoms with E-state index in [0.717, 1.165) is 73.3 Å². The summed E-state index contributed by atoms with van der Waals surface area (Å²) in [6.45, 7) is 9.78. The molecular formula is C40H46N10O2. The Morgan fingerprint density at radius 1 is 0.519 bits per heavy atom. The Bertz CT molecular complexity index is 1800. The molecule has 0 saturated carbocycles. The highest BCUT2D eigenvalue weighted by Gasteiger charge is 2.35. The van der Waals surface area contributed by atoms with Crippen molar-refractivity contribution in [2.24, 2.45) is 0 Å². The first-order chi connectivity index (χ1) is 25.7. The van der Waals surface area contributed by atoms with Crippen LogP contribution in [0.15, 0.2) is 109 Å². The van der Waals surface area contributed by atoms with Gasteiger partial charge >= 0.3 is 0 Å². The van der Waals surface area contributed by atoms with Crippen LogP contribution in [0.3, 0.4) is 0 Å². The van der Waals surface area contributed by atoms with Crippen LogP contribution < -0.4 is 9.47 Å². The number of ether oxygens (including phenoxy) is 2. The maximum Gasteiger partial charge on any atom is 0.173 e. The molecule has 0 N–H and O–H groups in total. The first-order valence-electron chi connectivity index (χ1n) is 18.2. The first kappa shape index (κ1) is 35.0. The first-order valence-corrected chi connectivity index (χ1v) is 18.2. The van der Waals surface area contributed by atoms with Crippen LogP contribution in [0, 0.1) is 0 Å². The molecule has 0 bridgehead atoms. The number of aryl methyl sites for hydroxylation is 4. The summed E-state index contributed by atoms with van der Waals surface area (Å²) in [5.74, 6) is 3.37. The highest BCUT2D eigenvalue weighted by Crippen LogP contribution is 2.34. The zero-order valence-corrected chi connectivity index (χ0v) is 29.9. The number of hydrogen-bond donors (Lipinski definition) is 0. The summed E-state index contributed by atoms with van der Waals surface area (Å²) in [6, 6.07) is 37.4. The maximum atomic E-state index is 5.79. The topological polar surface area (TPSA) is 112 Å². The summed E-state index contributed by atoms with van der Waals surface area (Å²) >= 11 is 0. The molecule has 12 heteroatoms. The third-order valence-corrected chi connectivity index (χ3v) is 9.61. The Morgan fingerprint density at radius 2 is 0.904 bits per heavy atom. The van der Waals surface area contributed by atoms with Gasteiger partial charge in [0, 0.05) is 39.3 Å². The van der Waals surface area contributed by atoms with Gasteiger partial charge in [-0.1, -0.05) is 84.9 Å². The predicted octanol–water partition coefficient (Wildman–Crippen LogP) is 5.44. The van der Waals surface area contributed by atoms with E-state index in [1.165, 1.54) is 11.1 Å². The third-order valence-electron chi connectivity index (χ3n) is 9.61. The fourth-order valence-corrected chi connectivity index (χ4v) is 7.02. The van der Waals surface area contributed by atoms with E-state index in [-0.39, 0.29) is 12.1 Å². The van der Waals surface area contributed by atoms with Gasteiger partial charge < -0.3 is 9.47 Å². The molecule has 1 saturated heterocycles. The van der Waals surface area contributed by atoms with Gasteiger partial charge in [0.2, 0.25) is 0 Å². The summed E-state index contributed by atoms with van der Waals surface area (Å²) in [5, 5.41) is 26.5. The van der Waals surface area contributed by atoms with Crippen molar-refractivity contribution in [3.63, 3.8) is 0 Å². The zero-order valence-electron chi connectivity index (χ0n) is 29.9. The van der Waals surface area contributed by atoms with Crippen LogP contribution in [-0.4, -0.2) is 89.6 Å². The van der Waals surface area contributed by atoms with Crippen LogP contribution in [0.5, 0.6) is 11.5 Å². The molecule has 2 aromatic heterocycles. The number of rotatable bonds is 16. The van der Waals surface area contributed by atoms with Gasteiger partial charge in [-0.05, 0) is 94.1 Å². The monoisotopic (exact) mass is 698 g/mol. The van der Waals surface area contributed by atoms with Crippen molar-refractivity contribution in [1.29, 1.82) is 0 Å². The Labute approximate surface area is 305 Å². The lowest BCUT2D eigenvalue weighted by Crippen LogP contribution is -2.50. The molecule has 0 aliphatic carbocycles. The SMILES string of the molecule is CCOc1ccc(C(c2nnnn2CCc2ccccc2)N2CCN(C(c3ccc(OCC)cc3)c3nnnn3CCc3ccccc3)CC2)cc1. The van der Waals surface area contributed by atoms with Crippen molar-refractivity contribution in [2.45, 2.75) is 51.9 Å². The lowest BCUT2D eigenvalue weighted by Gasteiger charge is -2.41. The molecule has 1 aliphatic heterocycles. The van der Waals surface area contributed by atoms with Gasteiger partial charge in [-0.15, -0.1) is 10.2 Å². The van der Waals surface area contributed by atoms with E-state index in [1.807, 2.05) is 59.6 Å².